The SMILES string of the molecule is N#CC(NC(=O)C(CC1CC1)NC(=O)C1Cc2cccc(F)c2N1)C1CNCC2CNCCC21. The van der Waals surface area contributed by atoms with Gasteiger partial charge in [-0.1, -0.05) is 25.0 Å². The molecular formula is C25H33FN6O2. The monoisotopic (exact) mass is 468 g/mol. The van der Waals surface area contributed by atoms with Crippen molar-refractivity contribution in [3.05, 3.63) is 29.6 Å². The Morgan fingerprint density at radius 3 is 2.74 bits per heavy atom. The van der Waals surface area contributed by atoms with Crippen LogP contribution in [0.3, 0.4) is 0 Å². The molecule has 5 N–H and O–H groups in total. The van der Waals surface area contributed by atoms with Crippen molar-refractivity contribution >= 4 is 17.5 Å². The first-order chi connectivity index (χ1) is 16.5. The van der Waals surface area contributed by atoms with Gasteiger partial charge in [-0.25, -0.2) is 4.39 Å². The molecule has 9 heteroatoms. The first-order valence-electron chi connectivity index (χ1n) is 12.5. The highest BCUT2D eigenvalue weighted by molar-refractivity contribution is 5.92. The number of para-hydroxylation sites is 1. The lowest BCUT2D eigenvalue weighted by atomic mass is 9.72. The first kappa shape index (κ1) is 23.1. The van der Waals surface area contributed by atoms with Crippen LogP contribution in [0.5, 0.6) is 0 Å². The fourth-order valence-corrected chi connectivity index (χ4v) is 5.87. The van der Waals surface area contributed by atoms with Crippen molar-refractivity contribution in [3.8, 4) is 6.07 Å². The number of fused-ring (bicyclic) bond motifs is 2. The normalized spacial score (nSPS) is 29.5. The predicted molar refractivity (Wildman–Crippen MR) is 125 cm³/mol. The van der Waals surface area contributed by atoms with Gasteiger partial charge in [-0.2, -0.15) is 5.26 Å². The van der Waals surface area contributed by atoms with Crippen LogP contribution in [0.25, 0.3) is 0 Å². The molecule has 1 saturated carbocycles. The molecule has 2 amide bonds. The third-order valence-corrected chi connectivity index (χ3v) is 7.93. The highest BCUT2D eigenvalue weighted by atomic mass is 19.1. The minimum Gasteiger partial charge on any atom is -0.371 e. The lowest BCUT2D eigenvalue weighted by molar-refractivity contribution is -0.130. The maximum Gasteiger partial charge on any atom is 0.243 e. The third kappa shape index (κ3) is 4.89. The van der Waals surface area contributed by atoms with Crippen molar-refractivity contribution in [2.24, 2.45) is 23.7 Å². The van der Waals surface area contributed by atoms with Gasteiger partial charge in [0.2, 0.25) is 11.8 Å². The van der Waals surface area contributed by atoms with Crippen molar-refractivity contribution in [3.63, 3.8) is 0 Å². The number of rotatable bonds is 7. The number of amides is 2. The van der Waals surface area contributed by atoms with Gasteiger partial charge in [-0.15, -0.1) is 0 Å². The molecule has 8 nitrogen and oxygen atoms in total. The highest BCUT2D eigenvalue weighted by Gasteiger charge is 2.41. The molecule has 0 spiro atoms. The lowest BCUT2D eigenvalue weighted by Crippen LogP contribution is -2.59. The zero-order chi connectivity index (χ0) is 23.7. The molecule has 1 aromatic rings. The minimum atomic E-state index is -0.702. The van der Waals surface area contributed by atoms with Gasteiger partial charge in [0, 0.05) is 18.9 Å². The molecule has 34 heavy (non-hydrogen) atoms. The third-order valence-electron chi connectivity index (χ3n) is 7.93. The fourth-order valence-electron chi connectivity index (χ4n) is 5.87. The van der Waals surface area contributed by atoms with E-state index in [1.54, 1.807) is 12.1 Å². The highest BCUT2D eigenvalue weighted by Crippen LogP contribution is 2.35. The molecule has 1 aliphatic carbocycles. The van der Waals surface area contributed by atoms with E-state index in [-0.39, 0.29) is 23.5 Å². The summed E-state index contributed by atoms with van der Waals surface area (Å²) in [4.78, 5) is 26.3. The van der Waals surface area contributed by atoms with Crippen molar-refractivity contribution in [2.75, 3.05) is 31.5 Å². The summed E-state index contributed by atoms with van der Waals surface area (Å²) in [5.41, 5.74) is 1.12. The molecule has 3 heterocycles. The van der Waals surface area contributed by atoms with E-state index in [0.717, 1.165) is 44.5 Å². The Hall–Kier alpha value is -2.70. The molecule has 3 aliphatic heterocycles. The Morgan fingerprint density at radius 1 is 1.15 bits per heavy atom. The summed E-state index contributed by atoms with van der Waals surface area (Å²) in [7, 11) is 0. The molecule has 4 aliphatic rings. The first-order valence-corrected chi connectivity index (χ1v) is 12.5. The van der Waals surface area contributed by atoms with Gasteiger partial charge in [-0.05, 0) is 61.9 Å². The van der Waals surface area contributed by atoms with Crippen LogP contribution in [-0.2, 0) is 16.0 Å². The maximum absolute atomic E-state index is 14.1. The van der Waals surface area contributed by atoms with E-state index < -0.39 is 18.1 Å². The van der Waals surface area contributed by atoms with Gasteiger partial charge in [0.05, 0.1) is 11.8 Å². The van der Waals surface area contributed by atoms with E-state index in [4.69, 9.17) is 0 Å². The summed E-state index contributed by atoms with van der Waals surface area (Å²) in [6, 6.07) is 5.20. The molecule has 5 rings (SSSR count). The molecule has 0 bridgehead atoms. The number of benzene rings is 1. The van der Waals surface area contributed by atoms with Crippen LogP contribution in [0.1, 0.15) is 31.2 Å². The number of hydrogen-bond acceptors (Lipinski definition) is 6. The Bertz CT molecular complexity index is 975. The van der Waals surface area contributed by atoms with Crippen LogP contribution in [0.15, 0.2) is 18.2 Å². The Kier molecular flexibility index (Phi) is 6.70. The van der Waals surface area contributed by atoms with Crippen LogP contribution in [0.4, 0.5) is 10.1 Å². The molecule has 3 fully saturated rings. The Balaban J connectivity index is 1.24. The molecular weight excluding hydrogens is 435 g/mol. The van der Waals surface area contributed by atoms with E-state index in [1.165, 1.54) is 6.07 Å². The summed E-state index contributed by atoms with van der Waals surface area (Å²) < 4.78 is 14.1. The standard InChI is InChI=1S/C25H33FN6O2/c26-19-3-1-2-15-9-21(30-23(15)19)25(34)31-20(8-14-4-5-14)24(33)32-22(10-27)18-13-29-12-16-11-28-7-6-17(16)18/h1-3,14,16-18,20-22,28-30H,4-9,11-13H2,(H,31,34)(H,32,33). The van der Waals surface area contributed by atoms with Gasteiger partial charge in [0.1, 0.15) is 23.9 Å². The van der Waals surface area contributed by atoms with Crippen LogP contribution >= 0.6 is 0 Å². The molecule has 182 valence electrons. The molecule has 0 aromatic heterocycles. The van der Waals surface area contributed by atoms with Gasteiger partial charge < -0.3 is 26.6 Å². The predicted octanol–water partition coefficient (Wildman–Crippen LogP) is 0.901. The second-order valence-corrected chi connectivity index (χ2v) is 10.3. The summed E-state index contributed by atoms with van der Waals surface area (Å²) in [6.45, 7) is 3.49. The number of anilines is 1. The van der Waals surface area contributed by atoms with E-state index in [9.17, 15) is 19.2 Å². The molecule has 1 aromatic carbocycles. The van der Waals surface area contributed by atoms with Crippen molar-refractivity contribution in [2.45, 2.75) is 50.2 Å². The number of nitrogens with zero attached hydrogens (tertiary/aromatic N) is 1. The van der Waals surface area contributed by atoms with E-state index in [1.807, 2.05) is 0 Å². The minimum absolute atomic E-state index is 0.0426. The van der Waals surface area contributed by atoms with Crippen molar-refractivity contribution in [1.29, 1.82) is 5.26 Å². The molecule has 0 radical (unpaired) electrons. The van der Waals surface area contributed by atoms with Gasteiger partial charge in [0.15, 0.2) is 0 Å². The van der Waals surface area contributed by atoms with Crippen molar-refractivity contribution < 1.29 is 14.0 Å². The smallest absolute Gasteiger partial charge is 0.243 e. The fraction of sp³-hybridized carbons (Fsp3) is 0.640. The number of carbonyl (C=O) groups is 2. The van der Waals surface area contributed by atoms with Crippen molar-refractivity contribution in [1.82, 2.24) is 21.3 Å². The molecule has 2 saturated heterocycles. The summed E-state index contributed by atoms with van der Waals surface area (Å²) in [6.07, 6.45) is 4.02. The van der Waals surface area contributed by atoms with Crippen LogP contribution in [-0.4, -0.2) is 56.1 Å². The van der Waals surface area contributed by atoms with E-state index >= 15 is 0 Å². The van der Waals surface area contributed by atoms with Crippen LogP contribution in [0, 0.1) is 40.8 Å². The zero-order valence-corrected chi connectivity index (χ0v) is 19.3. The zero-order valence-electron chi connectivity index (χ0n) is 19.3. The maximum atomic E-state index is 14.1. The Morgan fingerprint density at radius 2 is 1.97 bits per heavy atom. The Labute approximate surface area is 199 Å². The summed E-state index contributed by atoms with van der Waals surface area (Å²) in [5, 5.41) is 25.6. The summed E-state index contributed by atoms with van der Waals surface area (Å²) in [5.74, 6) is 0.299. The second kappa shape index (κ2) is 9.88. The van der Waals surface area contributed by atoms with Gasteiger partial charge in [-0.3, -0.25) is 9.59 Å². The number of nitriles is 1. The van der Waals surface area contributed by atoms with Crippen LogP contribution < -0.4 is 26.6 Å². The molecule has 6 unspecified atom stereocenters. The number of nitrogens with one attached hydrogen (secondary N) is 5. The lowest BCUT2D eigenvalue weighted by Gasteiger charge is -2.43. The largest absolute Gasteiger partial charge is 0.371 e. The molecule has 6 atom stereocenters. The number of carbonyl (C=O) groups excluding carboxylic acids is 2. The van der Waals surface area contributed by atoms with Gasteiger partial charge >= 0.3 is 0 Å². The van der Waals surface area contributed by atoms with E-state index in [0.29, 0.717) is 42.8 Å². The van der Waals surface area contributed by atoms with Gasteiger partial charge in [0.25, 0.3) is 0 Å². The number of hydrogen-bond donors (Lipinski definition) is 5. The topological polar surface area (TPSA) is 118 Å². The number of piperidine rings is 2. The van der Waals surface area contributed by atoms with E-state index in [2.05, 4.69) is 32.7 Å². The van der Waals surface area contributed by atoms with Crippen LogP contribution in [0.2, 0.25) is 0 Å². The second-order valence-electron chi connectivity index (χ2n) is 10.3. The quantitative estimate of drug-likeness (QED) is 0.406. The number of halogens is 1. The average molecular weight is 469 g/mol. The summed E-state index contributed by atoms with van der Waals surface area (Å²) >= 11 is 0. The average Bonchev–Trinajstić information content (AvgIpc) is 3.56.